The first-order chi connectivity index (χ1) is 22.5. The Labute approximate surface area is 288 Å². The second-order valence-corrected chi connectivity index (χ2v) is 15.8. The van der Waals surface area contributed by atoms with Gasteiger partial charge in [0.15, 0.2) is 0 Å². The zero-order chi connectivity index (χ0) is 33.6. The lowest BCUT2D eigenvalue weighted by atomic mass is 9.90. The van der Waals surface area contributed by atoms with Crippen molar-refractivity contribution in [3.63, 3.8) is 0 Å². The monoisotopic (exact) mass is 663 g/mol. The summed E-state index contributed by atoms with van der Waals surface area (Å²) in [5.74, 6) is 0. The molecule has 4 heteroatoms. The zero-order valence-corrected chi connectivity index (χ0v) is 32.0. The van der Waals surface area contributed by atoms with Crippen LogP contribution < -0.4 is 0 Å². The van der Waals surface area contributed by atoms with Gasteiger partial charge in [-0.2, -0.15) is 8.42 Å². The van der Waals surface area contributed by atoms with E-state index in [1.165, 1.54) is 184 Å². The SMILES string of the molecule is CCCCCCCCCCCCc1ccc(S(=O)(=O)O)c(CCCCCCCCCCCC)c1CCCCCCCCCCCC. The molecule has 0 unspecified atom stereocenters. The minimum absolute atomic E-state index is 0.178. The molecule has 1 N–H and O–H groups in total. The highest BCUT2D eigenvalue weighted by Crippen LogP contribution is 2.29. The van der Waals surface area contributed by atoms with Crippen LogP contribution >= 0.6 is 0 Å². The van der Waals surface area contributed by atoms with Crippen molar-refractivity contribution in [3.8, 4) is 0 Å². The van der Waals surface area contributed by atoms with Crippen molar-refractivity contribution in [2.45, 2.75) is 238 Å². The molecule has 0 aromatic heterocycles. The van der Waals surface area contributed by atoms with Gasteiger partial charge in [0, 0.05) is 0 Å². The van der Waals surface area contributed by atoms with Crippen LogP contribution in [-0.4, -0.2) is 13.0 Å². The molecule has 0 fully saturated rings. The van der Waals surface area contributed by atoms with Crippen molar-refractivity contribution >= 4 is 10.1 Å². The van der Waals surface area contributed by atoms with Crippen LogP contribution in [0.4, 0.5) is 0 Å². The highest BCUT2D eigenvalue weighted by molar-refractivity contribution is 7.85. The Morgan fingerprint density at radius 1 is 0.391 bits per heavy atom. The van der Waals surface area contributed by atoms with Crippen molar-refractivity contribution < 1.29 is 13.0 Å². The van der Waals surface area contributed by atoms with Crippen LogP contribution in [0.15, 0.2) is 17.0 Å². The maximum absolute atomic E-state index is 12.5. The van der Waals surface area contributed by atoms with Crippen LogP contribution in [-0.2, 0) is 29.4 Å². The third-order valence-corrected chi connectivity index (χ3v) is 11.1. The number of hydrogen-bond donors (Lipinski definition) is 1. The highest BCUT2D eigenvalue weighted by Gasteiger charge is 2.20. The Morgan fingerprint density at radius 3 is 1.00 bits per heavy atom. The molecule has 1 aromatic rings. The van der Waals surface area contributed by atoms with E-state index >= 15 is 0 Å². The summed E-state index contributed by atoms with van der Waals surface area (Å²) < 4.78 is 35.3. The van der Waals surface area contributed by atoms with Gasteiger partial charge in [0.1, 0.15) is 0 Å². The van der Waals surface area contributed by atoms with E-state index < -0.39 is 10.1 Å². The Bertz CT molecular complexity index is 923. The molecule has 0 aliphatic carbocycles. The van der Waals surface area contributed by atoms with Gasteiger partial charge in [-0.3, -0.25) is 4.55 Å². The Kier molecular flexibility index (Phi) is 28.3. The summed E-state index contributed by atoms with van der Waals surface area (Å²) in [7, 11) is -4.23. The summed E-state index contributed by atoms with van der Waals surface area (Å²) in [6.07, 6.45) is 41.7. The molecule has 0 bridgehead atoms. The molecule has 0 radical (unpaired) electrons. The van der Waals surface area contributed by atoms with E-state index in [2.05, 4.69) is 20.8 Å². The summed E-state index contributed by atoms with van der Waals surface area (Å²) in [4.78, 5) is 0.178. The van der Waals surface area contributed by atoms with Gasteiger partial charge in [-0.1, -0.05) is 200 Å². The molecule has 0 saturated heterocycles. The first-order valence-electron chi connectivity index (χ1n) is 20.6. The lowest BCUT2D eigenvalue weighted by molar-refractivity contribution is 0.481. The summed E-state index contributed by atoms with van der Waals surface area (Å²) in [5, 5.41) is 0. The van der Waals surface area contributed by atoms with Crippen LogP contribution in [0.1, 0.15) is 230 Å². The molecule has 3 nitrogen and oxygen atoms in total. The highest BCUT2D eigenvalue weighted by atomic mass is 32.2. The molecule has 0 heterocycles. The topological polar surface area (TPSA) is 54.4 Å². The van der Waals surface area contributed by atoms with E-state index in [9.17, 15) is 13.0 Å². The fraction of sp³-hybridized carbons (Fsp3) is 0.857. The van der Waals surface area contributed by atoms with Gasteiger partial charge >= 0.3 is 0 Å². The van der Waals surface area contributed by atoms with Crippen molar-refractivity contribution in [1.82, 2.24) is 0 Å². The van der Waals surface area contributed by atoms with Crippen LogP contribution in [0.25, 0.3) is 0 Å². The van der Waals surface area contributed by atoms with Crippen molar-refractivity contribution in [2.75, 3.05) is 0 Å². The fourth-order valence-corrected chi connectivity index (χ4v) is 7.94. The molecule has 270 valence electrons. The molecule has 0 amide bonds. The second kappa shape index (κ2) is 30.2. The number of benzene rings is 1. The molecule has 1 aromatic carbocycles. The van der Waals surface area contributed by atoms with E-state index in [0.29, 0.717) is 0 Å². The average molecular weight is 663 g/mol. The molecule has 46 heavy (non-hydrogen) atoms. The first kappa shape index (κ1) is 43.2. The quantitative estimate of drug-likeness (QED) is 0.0590. The number of unbranched alkanes of at least 4 members (excludes halogenated alkanes) is 27. The van der Waals surface area contributed by atoms with Crippen LogP contribution in [0.3, 0.4) is 0 Å². The first-order valence-corrected chi connectivity index (χ1v) is 22.0. The van der Waals surface area contributed by atoms with Crippen molar-refractivity contribution in [2.24, 2.45) is 0 Å². The molecule has 0 spiro atoms. The summed E-state index contributed by atoms with van der Waals surface area (Å²) in [6, 6.07) is 3.75. The largest absolute Gasteiger partial charge is 0.294 e. The maximum atomic E-state index is 12.5. The third-order valence-electron chi connectivity index (χ3n) is 10.1. The van der Waals surface area contributed by atoms with Crippen LogP contribution in [0.2, 0.25) is 0 Å². The zero-order valence-electron chi connectivity index (χ0n) is 31.2. The van der Waals surface area contributed by atoms with Crippen LogP contribution in [0.5, 0.6) is 0 Å². The Hall–Kier alpha value is -0.870. The van der Waals surface area contributed by atoms with Crippen LogP contribution in [0, 0.1) is 0 Å². The van der Waals surface area contributed by atoms with Gasteiger partial charge in [0.25, 0.3) is 10.1 Å². The molecule has 0 saturated carbocycles. The van der Waals surface area contributed by atoms with Gasteiger partial charge in [-0.15, -0.1) is 0 Å². The van der Waals surface area contributed by atoms with E-state index in [1.54, 1.807) is 6.07 Å². The van der Waals surface area contributed by atoms with Gasteiger partial charge in [-0.05, 0) is 61.3 Å². The molecule has 0 aliphatic rings. The minimum atomic E-state index is -4.23. The third kappa shape index (κ3) is 22.7. The molecule has 0 aliphatic heterocycles. The molecule has 0 atom stereocenters. The summed E-state index contributed by atoms with van der Waals surface area (Å²) in [6.45, 7) is 6.82. The average Bonchev–Trinajstić information content (AvgIpc) is 3.03. The lowest BCUT2D eigenvalue weighted by Crippen LogP contribution is -2.10. The smallest absolute Gasteiger partial charge is 0.282 e. The van der Waals surface area contributed by atoms with Crippen molar-refractivity contribution in [3.05, 3.63) is 28.8 Å². The van der Waals surface area contributed by atoms with Gasteiger partial charge < -0.3 is 0 Å². The molecular weight excluding hydrogens is 585 g/mol. The Balaban J connectivity index is 2.74. The summed E-state index contributed by atoms with van der Waals surface area (Å²) >= 11 is 0. The van der Waals surface area contributed by atoms with E-state index in [1.807, 2.05) is 6.07 Å². The normalized spacial score (nSPS) is 11.9. The minimum Gasteiger partial charge on any atom is -0.282 e. The van der Waals surface area contributed by atoms with Gasteiger partial charge in [0.2, 0.25) is 0 Å². The number of hydrogen-bond acceptors (Lipinski definition) is 2. The maximum Gasteiger partial charge on any atom is 0.294 e. The number of rotatable bonds is 34. The molecule has 1 rings (SSSR count). The lowest BCUT2D eigenvalue weighted by Gasteiger charge is -2.18. The molecular formula is C42H78O3S. The predicted molar refractivity (Wildman–Crippen MR) is 203 cm³/mol. The summed E-state index contributed by atoms with van der Waals surface area (Å²) in [5.41, 5.74) is 3.52. The van der Waals surface area contributed by atoms with E-state index in [4.69, 9.17) is 0 Å². The van der Waals surface area contributed by atoms with Crippen molar-refractivity contribution in [1.29, 1.82) is 0 Å². The number of aryl methyl sites for hydroxylation is 1. The Morgan fingerprint density at radius 2 is 0.674 bits per heavy atom. The van der Waals surface area contributed by atoms with Gasteiger partial charge in [-0.25, -0.2) is 0 Å². The second-order valence-electron chi connectivity index (χ2n) is 14.5. The van der Waals surface area contributed by atoms with Gasteiger partial charge in [0.05, 0.1) is 4.90 Å². The van der Waals surface area contributed by atoms with E-state index in [-0.39, 0.29) is 4.90 Å². The van der Waals surface area contributed by atoms with E-state index in [0.717, 1.165) is 44.1 Å². The predicted octanol–water partition coefficient (Wildman–Crippen LogP) is 14.3. The fourth-order valence-electron chi connectivity index (χ4n) is 7.16. The standard InChI is InChI=1S/C42H78O3S/c1-4-7-10-13-16-19-22-25-28-31-34-39-37-38-42(46(43,44)45)41(36-33-30-27-24-21-18-15-12-9-6-3)40(39)35-32-29-26-23-20-17-14-11-8-5-2/h37-38H,4-36H2,1-3H3,(H,43,44,45).